The molecular weight excluding hydrogens is 529 g/mol. The Bertz CT molecular complexity index is 1840. The number of rotatable bonds is 6. The van der Waals surface area contributed by atoms with E-state index in [4.69, 9.17) is 4.74 Å². The van der Waals surface area contributed by atoms with E-state index in [0.29, 0.717) is 22.8 Å². The molecule has 6 rings (SSSR count). The lowest BCUT2D eigenvalue weighted by Crippen LogP contribution is -2.48. The van der Waals surface area contributed by atoms with Gasteiger partial charge in [-0.3, -0.25) is 14.7 Å². The summed E-state index contributed by atoms with van der Waals surface area (Å²) in [6.45, 7) is 0. The normalized spacial score (nSPS) is 14.8. The van der Waals surface area contributed by atoms with Gasteiger partial charge in [0, 0.05) is 38.5 Å². The van der Waals surface area contributed by atoms with Crippen LogP contribution in [0, 0.1) is 5.82 Å². The number of nitrogens with one attached hydrogen (secondary N) is 2. The molecule has 0 aliphatic carbocycles. The molecule has 1 aliphatic rings. The highest BCUT2D eigenvalue weighted by atomic mass is 19.1. The first kappa shape index (κ1) is 26.0. The molecule has 41 heavy (non-hydrogen) atoms. The highest BCUT2D eigenvalue weighted by Crippen LogP contribution is 2.36. The molecule has 1 aliphatic heterocycles. The zero-order chi connectivity index (χ0) is 28.8. The molecule has 11 nitrogen and oxygen atoms in total. The lowest BCUT2D eigenvalue weighted by molar-refractivity contribution is -0.120. The van der Waals surface area contributed by atoms with E-state index in [-0.39, 0.29) is 30.4 Å². The van der Waals surface area contributed by atoms with Crippen molar-refractivity contribution in [2.75, 3.05) is 19.1 Å². The van der Waals surface area contributed by atoms with Crippen molar-refractivity contribution in [2.45, 2.75) is 18.9 Å². The van der Waals surface area contributed by atoms with Crippen LogP contribution >= 0.6 is 0 Å². The topological polar surface area (TPSA) is 127 Å². The Labute approximate surface area is 233 Å². The van der Waals surface area contributed by atoms with Crippen LogP contribution in [0.25, 0.3) is 16.7 Å². The van der Waals surface area contributed by atoms with Crippen LogP contribution in [-0.4, -0.2) is 62.3 Å². The summed E-state index contributed by atoms with van der Waals surface area (Å²) < 4.78 is 22.6. The quantitative estimate of drug-likeness (QED) is 0.310. The predicted molar refractivity (Wildman–Crippen MR) is 148 cm³/mol. The molecule has 12 heteroatoms. The maximum Gasteiger partial charge on any atom is 0.354 e. The highest BCUT2D eigenvalue weighted by molar-refractivity contribution is 6.09. The number of aromatic amines is 1. The number of amides is 2. The van der Waals surface area contributed by atoms with E-state index in [9.17, 15) is 18.8 Å². The molecule has 0 bridgehead atoms. The molecule has 1 atom stereocenters. The van der Waals surface area contributed by atoms with E-state index in [1.54, 1.807) is 42.9 Å². The van der Waals surface area contributed by atoms with Gasteiger partial charge in [-0.25, -0.2) is 14.2 Å². The predicted octanol–water partition coefficient (Wildman–Crippen LogP) is 2.92. The molecule has 208 valence electrons. The number of esters is 1. The third-order valence-electron chi connectivity index (χ3n) is 7.39. The highest BCUT2D eigenvalue weighted by Gasteiger charge is 2.33. The molecule has 0 saturated heterocycles. The fraction of sp³-hybridized carbons (Fsp3) is 0.207. The van der Waals surface area contributed by atoms with Gasteiger partial charge >= 0.3 is 5.97 Å². The van der Waals surface area contributed by atoms with Crippen molar-refractivity contribution in [3.05, 3.63) is 95.1 Å². The summed E-state index contributed by atoms with van der Waals surface area (Å²) in [6.07, 6.45) is 2.27. The zero-order valence-corrected chi connectivity index (χ0v) is 22.5. The lowest BCUT2D eigenvalue weighted by atomic mass is 10.1. The van der Waals surface area contributed by atoms with Gasteiger partial charge in [0.25, 0.3) is 5.91 Å². The van der Waals surface area contributed by atoms with Crippen LogP contribution in [0.3, 0.4) is 0 Å². The number of nitrogens with zero attached hydrogens (tertiary/aromatic N) is 5. The van der Waals surface area contributed by atoms with E-state index < -0.39 is 17.9 Å². The van der Waals surface area contributed by atoms with E-state index in [2.05, 4.69) is 20.5 Å². The molecule has 2 N–H and O–H groups in total. The van der Waals surface area contributed by atoms with E-state index in [1.807, 2.05) is 35.0 Å². The maximum atomic E-state index is 14.1. The van der Waals surface area contributed by atoms with Crippen molar-refractivity contribution in [3.63, 3.8) is 0 Å². The van der Waals surface area contributed by atoms with Crippen molar-refractivity contribution in [1.29, 1.82) is 0 Å². The van der Waals surface area contributed by atoms with Crippen LogP contribution in [0.2, 0.25) is 0 Å². The van der Waals surface area contributed by atoms with Crippen molar-refractivity contribution < 1.29 is 23.5 Å². The largest absolute Gasteiger partial charge is 0.464 e. The summed E-state index contributed by atoms with van der Waals surface area (Å²) in [5.74, 6) is -0.828. The second-order valence-corrected chi connectivity index (χ2v) is 9.82. The molecule has 2 aromatic carbocycles. The van der Waals surface area contributed by atoms with Crippen LogP contribution in [0.15, 0.2) is 60.8 Å². The first-order valence-corrected chi connectivity index (χ1v) is 12.9. The number of anilines is 1. The first-order chi connectivity index (χ1) is 19.8. The molecule has 4 heterocycles. The fourth-order valence-corrected chi connectivity index (χ4v) is 5.32. The van der Waals surface area contributed by atoms with Crippen molar-refractivity contribution in [2.24, 2.45) is 7.05 Å². The number of halogens is 1. The molecule has 0 saturated carbocycles. The SMILES string of the molecule is COC(=O)c1ccc(-n2cc3c4c(cccc42)N(C)C(=O)[C@@H](NC(=O)c2n[nH]c(Cc4ccccc4F)n2)C3)n1C. The van der Waals surface area contributed by atoms with E-state index in [0.717, 1.165) is 22.3 Å². The average molecular weight is 556 g/mol. The number of hydrogen-bond acceptors (Lipinski definition) is 6. The Morgan fingerprint density at radius 1 is 1.12 bits per heavy atom. The van der Waals surface area contributed by atoms with Crippen LogP contribution in [0.1, 0.15) is 38.1 Å². The zero-order valence-electron chi connectivity index (χ0n) is 22.5. The van der Waals surface area contributed by atoms with Gasteiger partial charge in [0.2, 0.25) is 11.7 Å². The summed E-state index contributed by atoms with van der Waals surface area (Å²) in [5.41, 5.74) is 3.19. The molecule has 2 amide bonds. The van der Waals surface area contributed by atoms with Gasteiger partial charge in [-0.05, 0) is 41.5 Å². The number of benzene rings is 2. The van der Waals surface area contributed by atoms with Crippen LogP contribution in [0.5, 0.6) is 0 Å². The fourth-order valence-electron chi connectivity index (χ4n) is 5.32. The van der Waals surface area contributed by atoms with Gasteiger partial charge in [0.1, 0.15) is 29.2 Å². The number of hydrogen-bond donors (Lipinski definition) is 2. The number of carbonyl (C=O) groups is 3. The second kappa shape index (κ2) is 10.0. The molecule has 0 fully saturated rings. The van der Waals surface area contributed by atoms with Gasteiger partial charge in [-0.1, -0.05) is 24.3 Å². The minimum absolute atomic E-state index is 0.135. The monoisotopic (exact) mass is 555 g/mol. The van der Waals surface area contributed by atoms with E-state index >= 15 is 0 Å². The molecule has 3 aromatic heterocycles. The van der Waals surface area contributed by atoms with Crippen molar-refractivity contribution in [1.82, 2.24) is 29.6 Å². The molecule has 5 aromatic rings. The third-order valence-corrected chi connectivity index (χ3v) is 7.39. The van der Waals surface area contributed by atoms with Crippen LogP contribution < -0.4 is 10.2 Å². The summed E-state index contributed by atoms with van der Waals surface area (Å²) in [6, 6.07) is 14.6. The van der Waals surface area contributed by atoms with Gasteiger partial charge < -0.3 is 24.1 Å². The number of likely N-dealkylation sites (N-methyl/N-ethyl adjacent to an activating group) is 1. The standard InChI is InChI=1S/C29H26FN7O4/c1-35-22(29(40)41-3)11-12-24(35)37-15-17-13-19(28(39)36(2)20-9-6-10-21(37)25(17)20)31-27(38)26-32-23(33-34-26)14-16-7-4-5-8-18(16)30/h4-12,15,19H,13-14H2,1-3H3,(H,31,38)(H,32,33,34)/t19-/m0/s1. The Morgan fingerprint density at radius 3 is 2.71 bits per heavy atom. The van der Waals surface area contributed by atoms with Crippen LogP contribution in [-0.2, 0) is 29.4 Å². The number of H-pyrrole nitrogens is 1. The summed E-state index contributed by atoms with van der Waals surface area (Å²) in [5, 5.41) is 10.3. The Hall–Kier alpha value is -5.26. The van der Waals surface area contributed by atoms with Crippen LogP contribution in [0.4, 0.5) is 10.1 Å². The van der Waals surface area contributed by atoms with Crippen molar-refractivity contribution in [3.8, 4) is 5.82 Å². The van der Waals surface area contributed by atoms with Gasteiger partial charge in [0.05, 0.1) is 18.3 Å². The Balaban J connectivity index is 1.30. The van der Waals surface area contributed by atoms with Gasteiger partial charge in [0.15, 0.2) is 0 Å². The minimum Gasteiger partial charge on any atom is -0.464 e. The first-order valence-electron chi connectivity index (χ1n) is 12.9. The molecule has 0 spiro atoms. The van der Waals surface area contributed by atoms with Crippen molar-refractivity contribution >= 4 is 34.4 Å². The number of methoxy groups -OCH3 is 1. The Morgan fingerprint density at radius 2 is 1.93 bits per heavy atom. The summed E-state index contributed by atoms with van der Waals surface area (Å²) in [4.78, 5) is 44.6. The molecule has 0 radical (unpaired) electrons. The van der Waals surface area contributed by atoms with Gasteiger partial charge in [-0.15, -0.1) is 5.10 Å². The Kier molecular flexibility index (Phi) is 6.37. The number of ether oxygens (including phenoxy) is 1. The maximum absolute atomic E-state index is 14.1. The lowest BCUT2D eigenvalue weighted by Gasteiger charge is -2.22. The molecule has 0 unspecified atom stereocenters. The molecular formula is C29H26FN7O4. The summed E-state index contributed by atoms with van der Waals surface area (Å²) in [7, 11) is 4.78. The smallest absolute Gasteiger partial charge is 0.354 e. The average Bonchev–Trinajstić information content (AvgIpc) is 3.68. The van der Waals surface area contributed by atoms with E-state index in [1.165, 1.54) is 18.1 Å². The second-order valence-electron chi connectivity index (χ2n) is 9.82. The number of aromatic nitrogens is 5. The van der Waals surface area contributed by atoms with Gasteiger partial charge in [-0.2, -0.15) is 0 Å². The minimum atomic E-state index is -0.897. The third kappa shape index (κ3) is 4.42. The summed E-state index contributed by atoms with van der Waals surface area (Å²) >= 11 is 0. The number of carbonyl (C=O) groups excluding carboxylic acids is 3.